The maximum absolute atomic E-state index is 4.86. The molecule has 2 aromatic rings. The minimum absolute atomic E-state index is 0.513. The van der Waals surface area contributed by atoms with Gasteiger partial charge in [-0.2, -0.15) is 0 Å². The lowest BCUT2D eigenvalue weighted by atomic mass is 10.1. The summed E-state index contributed by atoms with van der Waals surface area (Å²) in [6, 6.07) is 4.76. The molecule has 0 atom stereocenters. The van der Waals surface area contributed by atoms with E-state index in [-0.39, 0.29) is 0 Å². The Bertz CT molecular complexity index is 498. The first-order chi connectivity index (χ1) is 9.06. The molecule has 2 nitrogen and oxygen atoms in total. The second-order valence-electron chi connectivity index (χ2n) is 5.50. The van der Waals surface area contributed by atoms with Crippen LogP contribution >= 0.6 is 22.7 Å². The Hall–Kier alpha value is -0.710. The highest BCUT2D eigenvalue weighted by Gasteiger charge is 2.14. The second-order valence-corrected chi connectivity index (χ2v) is 7.53. The molecule has 2 aromatic heterocycles. The number of thiazole rings is 1. The van der Waals surface area contributed by atoms with E-state index in [9.17, 15) is 0 Å². The first-order valence-corrected chi connectivity index (χ1v) is 8.51. The first-order valence-electron chi connectivity index (χ1n) is 6.82. The fourth-order valence-corrected chi connectivity index (χ4v) is 3.71. The molecule has 0 saturated heterocycles. The lowest BCUT2D eigenvalue weighted by Crippen LogP contribution is -2.22. The molecule has 2 heterocycles. The predicted octanol–water partition coefficient (Wildman–Crippen LogP) is 4.57. The van der Waals surface area contributed by atoms with Crippen molar-refractivity contribution in [2.75, 3.05) is 0 Å². The molecule has 0 saturated carbocycles. The van der Waals surface area contributed by atoms with Crippen molar-refractivity contribution in [3.05, 3.63) is 28.1 Å². The van der Waals surface area contributed by atoms with Gasteiger partial charge in [-0.05, 0) is 23.8 Å². The van der Waals surface area contributed by atoms with E-state index in [1.54, 1.807) is 11.3 Å². The summed E-state index contributed by atoms with van der Waals surface area (Å²) in [6.45, 7) is 9.81. The molecule has 19 heavy (non-hydrogen) atoms. The van der Waals surface area contributed by atoms with E-state index in [2.05, 4.69) is 50.5 Å². The molecular formula is C15H22N2S2. The Morgan fingerprint density at radius 2 is 2.05 bits per heavy atom. The molecule has 0 aliphatic rings. The van der Waals surface area contributed by atoms with E-state index in [1.165, 1.54) is 20.5 Å². The van der Waals surface area contributed by atoms with Crippen LogP contribution < -0.4 is 5.32 Å². The zero-order chi connectivity index (χ0) is 13.8. The quantitative estimate of drug-likeness (QED) is 0.844. The van der Waals surface area contributed by atoms with Gasteiger partial charge in [0.05, 0.1) is 10.6 Å². The number of aromatic nitrogens is 1. The van der Waals surface area contributed by atoms with Crippen molar-refractivity contribution >= 4 is 22.7 Å². The van der Waals surface area contributed by atoms with Gasteiger partial charge in [-0.1, -0.05) is 33.8 Å². The van der Waals surface area contributed by atoms with E-state index < -0.39 is 0 Å². The Morgan fingerprint density at radius 1 is 1.26 bits per heavy atom. The summed E-state index contributed by atoms with van der Waals surface area (Å²) < 4.78 is 0. The second kappa shape index (κ2) is 6.64. The first kappa shape index (κ1) is 14.7. The van der Waals surface area contributed by atoms with Gasteiger partial charge in [-0.25, -0.2) is 4.98 Å². The lowest BCUT2D eigenvalue weighted by molar-refractivity contribution is 0.581. The molecule has 0 fully saturated rings. The van der Waals surface area contributed by atoms with E-state index in [1.807, 2.05) is 11.3 Å². The van der Waals surface area contributed by atoms with Gasteiger partial charge in [0, 0.05) is 17.5 Å². The number of nitrogens with zero attached hydrogens (tertiary/aromatic N) is 1. The monoisotopic (exact) mass is 294 g/mol. The summed E-state index contributed by atoms with van der Waals surface area (Å²) in [5.74, 6) is 0.649. The van der Waals surface area contributed by atoms with Crippen molar-refractivity contribution in [1.82, 2.24) is 10.3 Å². The predicted molar refractivity (Wildman–Crippen MR) is 85.9 cm³/mol. The minimum atomic E-state index is 0.513. The zero-order valence-corrected chi connectivity index (χ0v) is 13.7. The van der Waals surface area contributed by atoms with Crippen LogP contribution in [0.3, 0.4) is 0 Å². The van der Waals surface area contributed by atoms with E-state index in [0.717, 1.165) is 13.0 Å². The molecular weight excluding hydrogens is 272 g/mol. The van der Waals surface area contributed by atoms with Crippen molar-refractivity contribution in [3.63, 3.8) is 0 Å². The van der Waals surface area contributed by atoms with Gasteiger partial charge in [-0.3, -0.25) is 0 Å². The third-order valence-corrected chi connectivity index (χ3v) is 4.92. The molecule has 0 unspecified atom stereocenters. The summed E-state index contributed by atoms with van der Waals surface area (Å²) in [5.41, 5.74) is 1.27. The SMILES string of the molecule is CC(C)Cc1nc(-c2cccs2)sc1CNC(C)C. The third kappa shape index (κ3) is 4.13. The van der Waals surface area contributed by atoms with Crippen molar-refractivity contribution in [3.8, 4) is 9.88 Å². The van der Waals surface area contributed by atoms with Crippen LogP contribution in [0.2, 0.25) is 0 Å². The molecule has 0 radical (unpaired) electrons. The van der Waals surface area contributed by atoms with Gasteiger partial charge < -0.3 is 5.32 Å². The Morgan fingerprint density at radius 3 is 2.63 bits per heavy atom. The van der Waals surface area contributed by atoms with Crippen molar-refractivity contribution in [1.29, 1.82) is 0 Å². The normalized spacial score (nSPS) is 11.7. The smallest absolute Gasteiger partial charge is 0.133 e. The summed E-state index contributed by atoms with van der Waals surface area (Å²) in [5, 5.41) is 6.80. The third-order valence-electron chi connectivity index (χ3n) is 2.78. The highest BCUT2D eigenvalue weighted by atomic mass is 32.1. The Balaban J connectivity index is 2.23. The summed E-state index contributed by atoms with van der Waals surface area (Å²) in [7, 11) is 0. The van der Waals surface area contributed by atoms with Crippen LogP contribution in [0.15, 0.2) is 17.5 Å². The lowest BCUT2D eigenvalue weighted by Gasteiger charge is -2.08. The van der Waals surface area contributed by atoms with Crippen molar-refractivity contribution in [2.45, 2.75) is 46.7 Å². The number of hydrogen-bond acceptors (Lipinski definition) is 4. The average molecular weight is 294 g/mol. The number of rotatable bonds is 6. The van der Waals surface area contributed by atoms with Gasteiger partial charge in [0.2, 0.25) is 0 Å². The Kier molecular flexibility index (Phi) is 5.13. The molecule has 2 rings (SSSR count). The average Bonchev–Trinajstić information content (AvgIpc) is 2.94. The Labute approximate surface area is 123 Å². The fourth-order valence-electron chi connectivity index (χ4n) is 1.87. The zero-order valence-electron chi connectivity index (χ0n) is 12.1. The maximum atomic E-state index is 4.86. The van der Waals surface area contributed by atoms with Gasteiger partial charge in [-0.15, -0.1) is 22.7 Å². The molecule has 0 amide bonds. The number of nitrogens with one attached hydrogen (secondary N) is 1. The summed E-state index contributed by atoms with van der Waals surface area (Å²) in [4.78, 5) is 7.54. The standard InChI is InChI=1S/C15H22N2S2/c1-10(2)8-12-14(9-16-11(3)4)19-15(17-12)13-6-5-7-18-13/h5-7,10-11,16H,8-9H2,1-4H3. The van der Waals surface area contributed by atoms with Crippen molar-refractivity contribution in [2.24, 2.45) is 5.92 Å². The molecule has 4 heteroatoms. The highest BCUT2D eigenvalue weighted by Crippen LogP contribution is 2.32. The minimum Gasteiger partial charge on any atom is -0.310 e. The van der Waals surface area contributed by atoms with Gasteiger partial charge >= 0.3 is 0 Å². The number of hydrogen-bond donors (Lipinski definition) is 1. The van der Waals surface area contributed by atoms with Crippen LogP contribution in [0.5, 0.6) is 0 Å². The molecule has 0 aliphatic heterocycles. The molecule has 0 aromatic carbocycles. The van der Waals surface area contributed by atoms with Crippen LogP contribution in [-0.2, 0) is 13.0 Å². The van der Waals surface area contributed by atoms with Gasteiger partial charge in [0.15, 0.2) is 0 Å². The van der Waals surface area contributed by atoms with Gasteiger partial charge in [0.25, 0.3) is 0 Å². The fraction of sp³-hybridized carbons (Fsp3) is 0.533. The summed E-state index contributed by atoms with van der Waals surface area (Å²) >= 11 is 3.61. The summed E-state index contributed by atoms with van der Waals surface area (Å²) in [6.07, 6.45) is 1.07. The van der Waals surface area contributed by atoms with Crippen molar-refractivity contribution < 1.29 is 0 Å². The van der Waals surface area contributed by atoms with Crippen LogP contribution in [0.1, 0.15) is 38.3 Å². The molecule has 104 valence electrons. The van der Waals surface area contributed by atoms with Crippen LogP contribution in [0.4, 0.5) is 0 Å². The molecule has 0 spiro atoms. The van der Waals surface area contributed by atoms with Crippen LogP contribution in [-0.4, -0.2) is 11.0 Å². The van der Waals surface area contributed by atoms with Crippen LogP contribution in [0, 0.1) is 5.92 Å². The molecule has 1 N–H and O–H groups in total. The molecule has 0 aliphatic carbocycles. The van der Waals surface area contributed by atoms with E-state index in [0.29, 0.717) is 12.0 Å². The maximum Gasteiger partial charge on any atom is 0.133 e. The molecule has 0 bridgehead atoms. The van der Waals surface area contributed by atoms with Gasteiger partial charge in [0.1, 0.15) is 5.01 Å². The van der Waals surface area contributed by atoms with E-state index >= 15 is 0 Å². The van der Waals surface area contributed by atoms with Crippen LogP contribution in [0.25, 0.3) is 9.88 Å². The topological polar surface area (TPSA) is 24.9 Å². The number of thiophene rings is 1. The highest BCUT2D eigenvalue weighted by molar-refractivity contribution is 7.21. The van der Waals surface area contributed by atoms with E-state index in [4.69, 9.17) is 4.98 Å². The largest absolute Gasteiger partial charge is 0.310 e.